The smallest absolute Gasteiger partial charge is 0.243 e. The normalized spacial score (nSPS) is 15.0. The van der Waals surface area contributed by atoms with Gasteiger partial charge in [-0.15, -0.1) is 5.10 Å². The van der Waals surface area contributed by atoms with Crippen molar-refractivity contribution in [3.8, 4) is 11.5 Å². The van der Waals surface area contributed by atoms with Gasteiger partial charge >= 0.3 is 0 Å². The molecule has 2 N–H and O–H groups in total. The lowest BCUT2D eigenvalue weighted by Crippen LogP contribution is -2.36. The number of carbonyl (C=O) groups excluding carboxylic acids is 1. The predicted octanol–water partition coefficient (Wildman–Crippen LogP) is 3.43. The van der Waals surface area contributed by atoms with Crippen molar-refractivity contribution in [3.63, 3.8) is 0 Å². The first-order chi connectivity index (χ1) is 19.0. The first kappa shape index (κ1) is 24.2. The molecule has 1 aliphatic heterocycles. The van der Waals surface area contributed by atoms with Crippen LogP contribution in [0.1, 0.15) is 12.0 Å². The highest BCUT2D eigenvalue weighted by atomic mass is 16.5. The van der Waals surface area contributed by atoms with Gasteiger partial charge in [0.15, 0.2) is 5.82 Å². The van der Waals surface area contributed by atoms with E-state index in [0.717, 1.165) is 41.0 Å². The second-order valence-corrected chi connectivity index (χ2v) is 9.34. The van der Waals surface area contributed by atoms with Crippen LogP contribution in [0.25, 0.3) is 22.1 Å². The van der Waals surface area contributed by atoms with Gasteiger partial charge in [-0.2, -0.15) is 0 Å². The Labute approximate surface area is 223 Å². The maximum absolute atomic E-state index is 11.7. The molecule has 5 aromatic rings. The van der Waals surface area contributed by atoms with E-state index in [9.17, 15) is 4.79 Å². The number of anilines is 3. The number of aryl methyl sites for hydroxylation is 2. The Hall–Kier alpha value is -5.13. The number of hydrogen-bond donors (Lipinski definition) is 2. The van der Waals surface area contributed by atoms with Crippen molar-refractivity contribution in [2.24, 2.45) is 7.05 Å². The fourth-order valence-electron chi connectivity index (χ4n) is 4.60. The highest BCUT2D eigenvalue weighted by molar-refractivity contribution is 5.88. The summed E-state index contributed by atoms with van der Waals surface area (Å²) in [5.41, 5.74) is 4.72. The van der Waals surface area contributed by atoms with E-state index in [-0.39, 0.29) is 11.9 Å². The average Bonchev–Trinajstić information content (AvgIpc) is 3.56. The molecule has 196 valence electrons. The molecule has 12 nitrogen and oxygen atoms in total. The number of aromatic nitrogens is 7. The molecule has 0 unspecified atom stereocenters. The Balaban J connectivity index is 1.21. The molecule has 2 aromatic carbocycles. The summed E-state index contributed by atoms with van der Waals surface area (Å²) in [6.07, 6.45) is 5.26. The third kappa shape index (κ3) is 4.91. The van der Waals surface area contributed by atoms with E-state index < -0.39 is 0 Å². The molecule has 0 spiro atoms. The van der Waals surface area contributed by atoms with Gasteiger partial charge in [-0.3, -0.25) is 4.79 Å². The summed E-state index contributed by atoms with van der Waals surface area (Å²) in [6, 6.07) is 11.5. The standard InChI is InChI=1S/C27H26N10O2/c1-4-24(38)31-18-9-10-37(14-18)27-28-13-21-25(33-27)26(30-15-29-21)32-17-5-8-23(16(2)11-17)39-19-6-7-22-20(12-19)34-35-36(22)3/h4-8,11-13,15,18H,1,9-10,14H2,2-3H3,(H,31,38)(H,29,30,32)/t18-/m0/s1. The van der Waals surface area contributed by atoms with Gasteiger partial charge in [0.05, 0.1) is 11.7 Å². The molecule has 1 aliphatic rings. The molecular formula is C27H26N10O2. The largest absolute Gasteiger partial charge is 0.457 e. The molecule has 0 radical (unpaired) electrons. The van der Waals surface area contributed by atoms with Crippen molar-refractivity contribution >= 4 is 45.4 Å². The maximum Gasteiger partial charge on any atom is 0.243 e. The Morgan fingerprint density at radius 2 is 2.05 bits per heavy atom. The van der Waals surface area contributed by atoms with Gasteiger partial charge in [0.25, 0.3) is 0 Å². The first-order valence-corrected chi connectivity index (χ1v) is 12.5. The van der Waals surface area contributed by atoms with E-state index in [4.69, 9.17) is 9.72 Å². The number of benzene rings is 2. The van der Waals surface area contributed by atoms with Crippen LogP contribution in [0, 0.1) is 6.92 Å². The number of ether oxygens (including phenoxy) is 1. The van der Waals surface area contributed by atoms with Crippen molar-refractivity contribution < 1.29 is 9.53 Å². The number of rotatable bonds is 7. The quantitative estimate of drug-likeness (QED) is 0.306. The highest BCUT2D eigenvalue weighted by Gasteiger charge is 2.25. The molecule has 0 saturated carbocycles. The van der Waals surface area contributed by atoms with Crippen LogP contribution in [0.15, 0.2) is 61.6 Å². The summed E-state index contributed by atoms with van der Waals surface area (Å²) >= 11 is 0. The summed E-state index contributed by atoms with van der Waals surface area (Å²) in [6.45, 7) is 6.84. The number of hydrogen-bond acceptors (Lipinski definition) is 10. The molecule has 1 atom stereocenters. The van der Waals surface area contributed by atoms with Crippen LogP contribution >= 0.6 is 0 Å². The molecule has 6 rings (SSSR count). The number of carbonyl (C=O) groups is 1. The molecule has 3 aromatic heterocycles. The van der Waals surface area contributed by atoms with E-state index >= 15 is 0 Å². The Kier molecular flexibility index (Phi) is 6.19. The second-order valence-electron chi connectivity index (χ2n) is 9.34. The minimum absolute atomic E-state index is 0.0191. The maximum atomic E-state index is 11.7. The zero-order chi connectivity index (χ0) is 26.9. The van der Waals surface area contributed by atoms with Crippen LogP contribution in [0.5, 0.6) is 11.5 Å². The van der Waals surface area contributed by atoms with E-state index in [2.05, 4.69) is 42.5 Å². The van der Waals surface area contributed by atoms with Crippen molar-refractivity contribution in [2.75, 3.05) is 23.3 Å². The minimum Gasteiger partial charge on any atom is -0.457 e. The monoisotopic (exact) mass is 522 g/mol. The number of fused-ring (bicyclic) bond motifs is 2. The molecular weight excluding hydrogens is 496 g/mol. The molecule has 1 amide bonds. The Morgan fingerprint density at radius 1 is 1.15 bits per heavy atom. The topological polar surface area (TPSA) is 136 Å². The summed E-state index contributed by atoms with van der Waals surface area (Å²) in [4.78, 5) is 31.7. The molecule has 39 heavy (non-hydrogen) atoms. The summed E-state index contributed by atoms with van der Waals surface area (Å²) in [7, 11) is 1.85. The SMILES string of the molecule is C=CC(=O)N[C@H]1CCN(c2ncc3ncnc(Nc4ccc(Oc5ccc6c(c5)nnn6C)c(C)c4)c3n2)C1. The highest BCUT2D eigenvalue weighted by Crippen LogP contribution is 2.31. The van der Waals surface area contributed by atoms with Gasteiger partial charge in [-0.25, -0.2) is 24.6 Å². The molecule has 4 heterocycles. The number of nitrogens with one attached hydrogen (secondary N) is 2. The van der Waals surface area contributed by atoms with Crippen LogP contribution in [0.4, 0.5) is 17.5 Å². The van der Waals surface area contributed by atoms with E-state index in [1.54, 1.807) is 10.9 Å². The van der Waals surface area contributed by atoms with Gasteiger partial charge in [0.1, 0.15) is 34.4 Å². The lowest BCUT2D eigenvalue weighted by Gasteiger charge is -2.17. The third-order valence-corrected chi connectivity index (χ3v) is 6.62. The van der Waals surface area contributed by atoms with Crippen molar-refractivity contribution in [1.82, 2.24) is 40.2 Å². The van der Waals surface area contributed by atoms with Crippen LogP contribution < -0.4 is 20.3 Å². The van der Waals surface area contributed by atoms with E-state index in [1.807, 2.05) is 55.3 Å². The molecule has 1 fully saturated rings. The molecule has 0 aliphatic carbocycles. The van der Waals surface area contributed by atoms with Crippen molar-refractivity contribution in [3.05, 3.63) is 67.1 Å². The van der Waals surface area contributed by atoms with Gasteiger partial charge in [0.2, 0.25) is 11.9 Å². The fourth-order valence-corrected chi connectivity index (χ4v) is 4.60. The molecule has 0 bridgehead atoms. The Morgan fingerprint density at radius 3 is 2.90 bits per heavy atom. The van der Waals surface area contributed by atoms with Crippen LogP contribution in [0.3, 0.4) is 0 Å². The zero-order valence-corrected chi connectivity index (χ0v) is 21.5. The average molecular weight is 523 g/mol. The van der Waals surface area contributed by atoms with Gasteiger partial charge in [-0.1, -0.05) is 11.8 Å². The first-order valence-electron chi connectivity index (χ1n) is 12.5. The summed E-state index contributed by atoms with van der Waals surface area (Å²) in [5, 5.41) is 14.5. The van der Waals surface area contributed by atoms with Crippen LogP contribution in [-0.4, -0.2) is 60.0 Å². The predicted molar refractivity (Wildman–Crippen MR) is 147 cm³/mol. The van der Waals surface area contributed by atoms with Gasteiger partial charge in [-0.05, 0) is 55.3 Å². The Bertz CT molecular complexity index is 1720. The van der Waals surface area contributed by atoms with E-state index in [0.29, 0.717) is 35.1 Å². The second kappa shape index (κ2) is 9.97. The lowest BCUT2D eigenvalue weighted by atomic mass is 10.2. The van der Waals surface area contributed by atoms with Gasteiger partial charge < -0.3 is 20.3 Å². The zero-order valence-electron chi connectivity index (χ0n) is 21.5. The van der Waals surface area contributed by atoms with Gasteiger partial charge in [0, 0.05) is 37.9 Å². The lowest BCUT2D eigenvalue weighted by molar-refractivity contribution is -0.117. The third-order valence-electron chi connectivity index (χ3n) is 6.62. The summed E-state index contributed by atoms with van der Waals surface area (Å²) < 4.78 is 7.85. The van der Waals surface area contributed by atoms with E-state index in [1.165, 1.54) is 12.4 Å². The molecule has 1 saturated heterocycles. The fraction of sp³-hybridized carbons (Fsp3) is 0.222. The summed E-state index contributed by atoms with van der Waals surface area (Å²) in [5.74, 6) is 2.37. The van der Waals surface area contributed by atoms with Crippen LogP contribution in [-0.2, 0) is 11.8 Å². The van der Waals surface area contributed by atoms with Crippen molar-refractivity contribution in [1.29, 1.82) is 0 Å². The van der Waals surface area contributed by atoms with Crippen molar-refractivity contribution in [2.45, 2.75) is 19.4 Å². The molecule has 12 heteroatoms. The number of amides is 1. The van der Waals surface area contributed by atoms with Crippen LogP contribution in [0.2, 0.25) is 0 Å². The number of nitrogens with zero attached hydrogens (tertiary/aromatic N) is 8. The minimum atomic E-state index is -0.181.